The molecule has 0 radical (unpaired) electrons. The van der Waals surface area contributed by atoms with E-state index in [1.807, 2.05) is 30.3 Å². The highest BCUT2D eigenvalue weighted by Gasteiger charge is 2.28. The summed E-state index contributed by atoms with van der Waals surface area (Å²) >= 11 is 0. The minimum Gasteiger partial charge on any atom is -0.492 e. The van der Waals surface area contributed by atoms with Gasteiger partial charge >= 0.3 is 5.69 Å². The van der Waals surface area contributed by atoms with Crippen molar-refractivity contribution < 1.29 is 18.7 Å². The first-order valence-electron chi connectivity index (χ1n) is 20.0. The van der Waals surface area contributed by atoms with Crippen LogP contribution in [0, 0.1) is 5.82 Å². The molecule has 3 fully saturated rings. The summed E-state index contributed by atoms with van der Waals surface area (Å²) in [5.41, 5.74) is 3.19. The Kier molecular flexibility index (Phi) is 11.7. The van der Waals surface area contributed by atoms with Gasteiger partial charge in [0.1, 0.15) is 18.2 Å². The van der Waals surface area contributed by atoms with E-state index in [0.29, 0.717) is 43.5 Å². The van der Waals surface area contributed by atoms with Gasteiger partial charge < -0.3 is 14.8 Å². The van der Waals surface area contributed by atoms with Gasteiger partial charge in [0.25, 0.3) is 11.5 Å². The molecule has 2 saturated heterocycles. The normalized spacial score (nSPS) is 19.5. The largest absolute Gasteiger partial charge is 0.492 e. The third-order valence-corrected chi connectivity index (χ3v) is 11.4. The molecule has 2 aromatic heterocycles. The van der Waals surface area contributed by atoms with Gasteiger partial charge in [-0.05, 0) is 117 Å². The molecule has 1 N–H and O–H groups in total. The Hall–Kier alpha value is -5.17. The number of likely N-dealkylation sites (tertiary alicyclic amines) is 1. The van der Waals surface area contributed by atoms with Gasteiger partial charge in [0.2, 0.25) is 0 Å². The van der Waals surface area contributed by atoms with Gasteiger partial charge in [-0.15, -0.1) is 0 Å². The molecule has 8 rings (SSSR count). The molecule has 0 unspecified atom stereocenters. The number of halogens is 1. The maximum absolute atomic E-state index is 14.6. The number of nitrogens with zero attached hydrogens (tertiary/aromatic N) is 5. The first-order valence-corrected chi connectivity index (χ1v) is 20.0. The van der Waals surface area contributed by atoms with E-state index in [1.54, 1.807) is 18.2 Å². The predicted octanol–water partition coefficient (Wildman–Crippen LogP) is 5.96. The molecule has 0 spiro atoms. The van der Waals surface area contributed by atoms with Gasteiger partial charge in [-0.1, -0.05) is 36.4 Å². The average Bonchev–Trinajstić information content (AvgIpc) is 3.61. The molecule has 12 heteroatoms. The van der Waals surface area contributed by atoms with Crippen LogP contribution in [0.4, 0.5) is 4.39 Å². The van der Waals surface area contributed by atoms with Crippen LogP contribution in [0.2, 0.25) is 0 Å². The van der Waals surface area contributed by atoms with E-state index in [9.17, 15) is 18.8 Å². The van der Waals surface area contributed by atoms with Crippen molar-refractivity contribution in [3.63, 3.8) is 0 Å². The minimum atomic E-state index is -0.652. The summed E-state index contributed by atoms with van der Waals surface area (Å²) in [6, 6.07) is 23.8. The van der Waals surface area contributed by atoms with Crippen LogP contribution in [0.25, 0.3) is 27.8 Å². The Labute approximate surface area is 325 Å². The fraction of sp³-hybridized carbons (Fsp3) is 0.409. The lowest BCUT2D eigenvalue weighted by atomic mass is 9.90. The van der Waals surface area contributed by atoms with Crippen LogP contribution in [-0.4, -0.2) is 88.4 Å². The molecule has 1 saturated carbocycles. The number of hydrogen-bond donors (Lipinski definition) is 1. The Morgan fingerprint density at radius 2 is 1.61 bits per heavy atom. The van der Waals surface area contributed by atoms with Gasteiger partial charge in [-0.25, -0.2) is 18.7 Å². The van der Waals surface area contributed by atoms with Crippen molar-refractivity contribution in [2.45, 2.75) is 63.6 Å². The number of fused-ring (bicyclic) bond motifs is 1. The second kappa shape index (κ2) is 17.3. The number of hydrogen-bond acceptors (Lipinski definition) is 8. The Balaban J connectivity index is 0.967. The molecule has 2 aliphatic heterocycles. The molecule has 4 heterocycles. The van der Waals surface area contributed by atoms with E-state index in [-0.39, 0.29) is 23.0 Å². The summed E-state index contributed by atoms with van der Waals surface area (Å²) in [5.74, 6) is -0.0922. The number of rotatable bonds is 11. The number of carbonyl (C=O) groups excluding carboxylic acids is 1. The molecule has 0 bridgehead atoms. The maximum Gasteiger partial charge on any atom is 0.337 e. The van der Waals surface area contributed by atoms with Crippen molar-refractivity contribution in [1.29, 1.82) is 0 Å². The highest BCUT2D eigenvalue weighted by molar-refractivity contribution is 5.94. The Bertz CT molecular complexity index is 2250. The Morgan fingerprint density at radius 1 is 0.839 bits per heavy atom. The standard InChI is InChI=1S/C44H49FN6O5/c45-35-28-40-41(46-29-35)50(38-6-3-5-34(27-38)32-9-7-31(8-10-32)30-49-21-4-24-55-25-22-49)44(54)51(43(40)53)37-15-13-36(14-16-37)47-42(52)33-11-17-39(18-12-33)56-26-23-48-19-1-2-20-48/h3,5-12,17-18,27-29,36-37H,1-2,4,13-16,19-26,30H2,(H,47,52). The number of benzene rings is 3. The number of carbonyl (C=O) groups is 1. The summed E-state index contributed by atoms with van der Waals surface area (Å²) in [4.78, 5) is 50.5. The number of nitrogens with one attached hydrogen (secondary N) is 1. The molecule has 1 aliphatic carbocycles. The van der Waals surface area contributed by atoms with E-state index in [1.165, 1.54) is 27.5 Å². The highest BCUT2D eigenvalue weighted by atomic mass is 19.1. The van der Waals surface area contributed by atoms with Gasteiger partial charge in [0, 0.05) is 50.4 Å². The molecule has 11 nitrogen and oxygen atoms in total. The second-order valence-electron chi connectivity index (χ2n) is 15.2. The summed E-state index contributed by atoms with van der Waals surface area (Å²) in [5, 5.41) is 3.17. The molecule has 0 atom stereocenters. The van der Waals surface area contributed by atoms with Gasteiger partial charge in [0.05, 0.1) is 23.9 Å². The average molecular weight is 761 g/mol. The third-order valence-electron chi connectivity index (χ3n) is 11.4. The number of aromatic nitrogens is 3. The summed E-state index contributed by atoms with van der Waals surface area (Å²) in [6.45, 7) is 8.09. The first-order chi connectivity index (χ1) is 27.4. The van der Waals surface area contributed by atoms with Gasteiger partial charge in [-0.3, -0.25) is 24.0 Å². The van der Waals surface area contributed by atoms with E-state index in [0.717, 1.165) is 88.0 Å². The van der Waals surface area contributed by atoms with E-state index >= 15 is 0 Å². The Morgan fingerprint density at radius 3 is 2.39 bits per heavy atom. The molecule has 1 amide bonds. The minimum absolute atomic E-state index is 0.0390. The zero-order valence-corrected chi connectivity index (χ0v) is 31.7. The van der Waals surface area contributed by atoms with Crippen molar-refractivity contribution in [2.24, 2.45) is 0 Å². The molecular formula is C44H49FN6O5. The summed E-state index contributed by atoms with van der Waals surface area (Å²) in [7, 11) is 0. The highest BCUT2D eigenvalue weighted by Crippen LogP contribution is 2.29. The summed E-state index contributed by atoms with van der Waals surface area (Å²) in [6.07, 6.45) is 6.70. The molecule has 3 aromatic carbocycles. The monoisotopic (exact) mass is 760 g/mol. The number of pyridine rings is 1. The number of ether oxygens (including phenoxy) is 2. The predicted molar refractivity (Wildman–Crippen MR) is 214 cm³/mol. The van der Waals surface area contributed by atoms with Crippen molar-refractivity contribution in [3.8, 4) is 22.6 Å². The van der Waals surface area contributed by atoms with Crippen LogP contribution in [-0.2, 0) is 11.3 Å². The molecule has 292 valence electrons. The first kappa shape index (κ1) is 37.7. The molecule has 56 heavy (non-hydrogen) atoms. The van der Waals surface area contributed by atoms with Crippen LogP contribution < -0.4 is 21.3 Å². The van der Waals surface area contributed by atoms with E-state index in [4.69, 9.17) is 9.47 Å². The summed E-state index contributed by atoms with van der Waals surface area (Å²) < 4.78 is 28.8. The fourth-order valence-corrected chi connectivity index (χ4v) is 8.33. The number of amides is 1. The smallest absolute Gasteiger partial charge is 0.337 e. The zero-order chi connectivity index (χ0) is 38.4. The van der Waals surface area contributed by atoms with E-state index < -0.39 is 23.1 Å². The van der Waals surface area contributed by atoms with E-state index in [2.05, 4.69) is 44.4 Å². The van der Waals surface area contributed by atoms with Crippen LogP contribution >= 0.6 is 0 Å². The SMILES string of the molecule is O=C(NC1CCC(n2c(=O)c3cc(F)cnc3n(-c3cccc(-c4ccc(CN5CCCOCC5)cc4)c3)c2=O)CC1)c1ccc(OCCN2CCCC2)cc1. The fourth-order valence-electron chi connectivity index (χ4n) is 8.33. The third kappa shape index (κ3) is 8.62. The van der Waals surface area contributed by atoms with Crippen molar-refractivity contribution in [2.75, 3.05) is 52.5 Å². The molecule has 3 aliphatic rings. The lowest BCUT2D eigenvalue weighted by Crippen LogP contribution is -2.45. The molecular weight excluding hydrogens is 712 g/mol. The van der Waals surface area contributed by atoms with Gasteiger partial charge in [-0.2, -0.15) is 0 Å². The van der Waals surface area contributed by atoms with Crippen molar-refractivity contribution in [1.82, 2.24) is 29.2 Å². The molecule has 5 aromatic rings. The lowest BCUT2D eigenvalue weighted by Gasteiger charge is -2.30. The lowest BCUT2D eigenvalue weighted by molar-refractivity contribution is 0.0922. The van der Waals surface area contributed by atoms with Crippen molar-refractivity contribution >= 4 is 16.9 Å². The topological polar surface area (TPSA) is 111 Å². The maximum atomic E-state index is 14.6. The van der Waals surface area contributed by atoms with Crippen LogP contribution in [0.3, 0.4) is 0 Å². The quantitative estimate of drug-likeness (QED) is 0.176. The van der Waals surface area contributed by atoms with Crippen LogP contribution in [0.15, 0.2) is 94.6 Å². The van der Waals surface area contributed by atoms with Crippen LogP contribution in [0.1, 0.15) is 66.9 Å². The zero-order valence-electron chi connectivity index (χ0n) is 31.7. The van der Waals surface area contributed by atoms with Crippen LogP contribution in [0.5, 0.6) is 5.75 Å². The second-order valence-corrected chi connectivity index (χ2v) is 15.2. The van der Waals surface area contributed by atoms with Gasteiger partial charge in [0.15, 0.2) is 5.65 Å². The van der Waals surface area contributed by atoms with Crippen molar-refractivity contribution in [3.05, 3.63) is 123 Å².